The van der Waals surface area contributed by atoms with Gasteiger partial charge in [0, 0.05) is 43.6 Å². The van der Waals surface area contributed by atoms with Crippen LogP contribution in [0, 0.1) is 5.41 Å². The van der Waals surface area contributed by atoms with Crippen molar-refractivity contribution in [1.82, 2.24) is 20.0 Å². The van der Waals surface area contributed by atoms with E-state index < -0.39 is 34.7 Å². The highest BCUT2D eigenvalue weighted by atomic mass is 19.4. The average Bonchev–Trinajstić information content (AvgIpc) is 3.30. The summed E-state index contributed by atoms with van der Waals surface area (Å²) >= 11 is 0. The van der Waals surface area contributed by atoms with Crippen LogP contribution in [0.15, 0.2) is 42.5 Å². The highest BCUT2D eigenvalue weighted by molar-refractivity contribution is 6.05. The van der Waals surface area contributed by atoms with Gasteiger partial charge in [-0.05, 0) is 80.2 Å². The number of halogens is 3. The molecule has 4 aliphatic rings. The third kappa shape index (κ3) is 5.36. The summed E-state index contributed by atoms with van der Waals surface area (Å²) in [7, 11) is 0. The third-order valence-corrected chi connectivity index (χ3v) is 10.1. The van der Waals surface area contributed by atoms with Crippen molar-refractivity contribution in [3.8, 4) is 0 Å². The molecule has 43 heavy (non-hydrogen) atoms. The minimum atomic E-state index is -4.38. The number of rotatable bonds is 5. The molecular weight excluding hydrogens is 561 g/mol. The minimum absolute atomic E-state index is 0.182. The Morgan fingerprint density at radius 2 is 1.67 bits per heavy atom. The summed E-state index contributed by atoms with van der Waals surface area (Å²) in [4.78, 5) is 43.5. The van der Waals surface area contributed by atoms with E-state index in [1.807, 2.05) is 12.1 Å². The number of hydrogen-bond donors (Lipinski definition) is 2. The zero-order valence-electron chi connectivity index (χ0n) is 24.3. The van der Waals surface area contributed by atoms with Crippen LogP contribution in [-0.4, -0.2) is 76.3 Å². The van der Waals surface area contributed by atoms with Crippen LogP contribution >= 0.6 is 0 Å². The molecule has 3 saturated heterocycles. The van der Waals surface area contributed by atoms with E-state index in [0.717, 1.165) is 61.3 Å². The first-order valence-electron chi connectivity index (χ1n) is 15.0. The van der Waals surface area contributed by atoms with Gasteiger partial charge in [0.2, 0.25) is 11.8 Å². The van der Waals surface area contributed by atoms with Crippen molar-refractivity contribution >= 4 is 17.7 Å². The van der Waals surface area contributed by atoms with Crippen molar-refractivity contribution in [2.75, 3.05) is 32.7 Å². The van der Waals surface area contributed by atoms with E-state index in [2.05, 4.69) is 22.0 Å². The molecule has 2 N–H and O–H groups in total. The van der Waals surface area contributed by atoms with E-state index in [1.54, 1.807) is 6.07 Å². The SMILES string of the molecule is CCN1CCC2(CC1)CN(Cc1ccc(C(F)(F)F)cc1)CCC2(O)c1ccc2c(c1)CN(C1CCC(=O)NC1=O)C2=O. The lowest BCUT2D eigenvalue weighted by atomic mass is 9.59. The van der Waals surface area contributed by atoms with Gasteiger partial charge in [0.15, 0.2) is 0 Å². The number of carbonyl (C=O) groups is 3. The van der Waals surface area contributed by atoms with Crippen molar-refractivity contribution in [3.63, 3.8) is 0 Å². The minimum Gasteiger partial charge on any atom is -0.384 e. The maximum Gasteiger partial charge on any atom is 0.416 e. The van der Waals surface area contributed by atoms with Gasteiger partial charge in [-0.15, -0.1) is 0 Å². The molecule has 0 radical (unpaired) electrons. The maximum atomic E-state index is 13.3. The van der Waals surface area contributed by atoms with E-state index in [4.69, 9.17) is 0 Å². The molecular formula is C32H37F3N4O4. The van der Waals surface area contributed by atoms with Crippen LogP contribution in [0.25, 0.3) is 0 Å². The van der Waals surface area contributed by atoms with Crippen LogP contribution in [0.3, 0.4) is 0 Å². The molecule has 2 unspecified atom stereocenters. The summed E-state index contributed by atoms with van der Waals surface area (Å²) in [6.45, 7) is 6.59. The molecule has 3 amide bonds. The van der Waals surface area contributed by atoms with E-state index in [-0.39, 0.29) is 31.2 Å². The Labute approximate surface area is 248 Å². The van der Waals surface area contributed by atoms with Crippen molar-refractivity contribution in [2.45, 2.75) is 69.9 Å². The molecule has 6 rings (SSSR count). The molecule has 4 heterocycles. The van der Waals surface area contributed by atoms with Gasteiger partial charge in [0.1, 0.15) is 6.04 Å². The van der Waals surface area contributed by atoms with Gasteiger partial charge in [-0.25, -0.2) is 0 Å². The number of fused-ring (bicyclic) bond motifs is 1. The Bertz CT molecular complexity index is 1420. The first kappa shape index (κ1) is 29.8. The van der Waals surface area contributed by atoms with Gasteiger partial charge >= 0.3 is 6.18 Å². The number of likely N-dealkylation sites (tertiary alicyclic amines) is 2. The molecule has 0 bridgehead atoms. The number of hydrogen-bond acceptors (Lipinski definition) is 6. The van der Waals surface area contributed by atoms with Gasteiger partial charge in [-0.2, -0.15) is 13.2 Å². The number of aliphatic hydroxyl groups is 1. The number of carbonyl (C=O) groups excluding carboxylic acids is 3. The second-order valence-corrected chi connectivity index (χ2v) is 12.5. The molecule has 0 aliphatic carbocycles. The van der Waals surface area contributed by atoms with Crippen LogP contribution in [-0.2, 0) is 34.5 Å². The van der Waals surface area contributed by atoms with Crippen LogP contribution in [0.4, 0.5) is 13.2 Å². The van der Waals surface area contributed by atoms with Gasteiger partial charge in [0.05, 0.1) is 11.2 Å². The predicted octanol–water partition coefficient (Wildman–Crippen LogP) is 3.66. The van der Waals surface area contributed by atoms with Crippen LogP contribution < -0.4 is 5.32 Å². The summed E-state index contributed by atoms with van der Waals surface area (Å²) in [6.07, 6.45) is -1.94. The number of benzene rings is 2. The fraction of sp³-hybridized carbons (Fsp3) is 0.531. The first-order valence-corrected chi connectivity index (χ1v) is 15.0. The summed E-state index contributed by atoms with van der Waals surface area (Å²) in [6, 6.07) is 10.1. The number of amides is 3. The Hall–Kier alpha value is -3.28. The summed E-state index contributed by atoms with van der Waals surface area (Å²) < 4.78 is 39.2. The molecule has 4 aliphatic heterocycles. The molecule has 11 heteroatoms. The Kier molecular flexibility index (Phi) is 7.63. The zero-order chi connectivity index (χ0) is 30.6. The van der Waals surface area contributed by atoms with Crippen molar-refractivity contribution in [1.29, 1.82) is 0 Å². The van der Waals surface area contributed by atoms with Gasteiger partial charge in [0.25, 0.3) is 5.91 Å². The van der Waals surface area contributed by atoms with E-state index >= 15 is 0 Å². The second kappa shape index (κ2) is 11.0. The van der Waals surface area contributed by atoms with Gasteiger partial charge < -0.3 is 14.9 Å². The Morgan fingerprint density at radius 3 is 2.33 bits per heavy atom. The van der Waals surface area contributed by atoms with Crippen LogP contribution in [0.5, 0.6) is 0 Å². The Balaban J connectivity index is 1.25. The normalized spacial score (nSPS) is 26.6. The predicted molar refractivity (Wildman–Crippen MR) is 152 cm³/mol. The quantitative estimate of drug-likeness (QED) is 0.511. The lowest BCUT2D eigenvalue weighted by Gasteiger charge is -2.57. The van der Waals surface area contributed by atoms with Crippen molar-refractivity contribution in [3.05, 3.63) is 70.3 Å². The molecule has 0 saturated carbocycles. The topological polar surface area (TPSA) is 93.2 Å². The smallest absolute Gasteiger partial charge is 0.384 e. The van der Waals surface area contributed by atoms with Gasteiger partial charge in [-0.1, -0.05) is 31.2 Å². The fourth-order valence-electron chi connectivity index (χ4n) is 7.57. The number of piperidine rings is 3. The first-order chi connectivity index (χ1) is 20.4. The van der Waals surface area contributed by atoms with Crippen molar-refractivity contribution in [2.24, 2.45) is 5.41 Å². The molecule has 1 spiro atoms. The second-order valence-electron chi connectivity index (χ2n) is 12.5. The monoisotopic (exact) mass is 598 g/mol. The molecule has 230 valence electrons. The number of alkyl halides is 3. The summed E-state index contributed by atoms with van der Waals surface area (Å²) in [5, 5.41) is 14.9. The maximum absolute atomic E-state index is 13.3. The van der Waals surface area contributed by atoms with Crippen molar-refractivity contribution < 1.29 is 32.7 Å². The highest BCUT2D eigenvalue weighted by Crippen LogP contribution is 2.53. The third-order valence-electron chi connectivity index (χ3n) is 10.1. The number of imide groups is 1. The average molecular weight is 599 g/mol. The summed E-state index contributed by atoms with van der Waals surface area (Å²) in [5.74, 6) is -1.04. The van der Waals surface area contributed by atoms with E-state index in [9.17, 15) is 32.7 Å². The molecule has 2 aromatic carbocycles. The molecule has 0 aromatic heterocycles. The van der Waals surface area contributed by atoms with Gasteiger partial charge in [-0.3, -0.25) is 24.6 Å². The highest BCUT2D eigenvalue weighted by Gasteiger charge is 2.55. The van der Waals surface area contributed by atoms with Crippen LogP contribution in [0.1, 0.15) is 71.6 Å². The molecule has 2 atom stereocenters. The fourth-order valence-corrected chi connectivity index (χ4v) is 7.57. The van der Waals surface area contributed by atoms with Crippen LogP contribution in [0.2, 0.25) is 0 Å². The lowest BCUT2D eigenvalue weighted by molar-refractivity contribution is -0.166. The largest absolute Gasteiger partial charge is 0.416 e. The number of nitrogens with one attached hydrogen (secondary N) is 1. The molecule has 8 nitrogen and oxygen atoms in total. The Morgan fingerprint density at radius 1 is 0.977 bits per heavy atom. The lowest BCUT2D eigenvalue weighted by Crippen LogP contribution is -2.61. The summed E-state index contributed by atoms with van der Waals surface area (Å²) in [5.41, 5.74) is 0.499. The number of nitrogens with zero attached hydrogens (tertiary/aromatic N) is 3. The standard InChI is InChI=1S/C32H37F3N4O4/c1-2-37-14-11-30(12-15-37)20-38(18-21-3-5-23(6-4-21)32(33,34)35)16-13-31(30,43)24-7-8-25-22(17-24)19-39(29(25)42)26-9-10-27(40)36-28(26)41/h3-8,17,26,43H,2,9-16,18-20H2,1H3,(H,36,40,41). The molecule has 2 aromatic rings. The van der Waals surface area contributed by atoms with E-state index in [0.29, 0.717) is 31.6 Å². The van der Waals surface area contributed by atoms with E-state index in [1.165, 1.54) is 17.0 Å². The zero-order valence-corrected chi connectivity index (χ0v) is 24.3. The molecule has 3 fully saturated rings.